The third-order valence-electron chi connectivity index (χ3n) is 2.33. The predicted molar refractivity (Wildman–Crippen MR) is 69.4 cm³/mol. The zero-order valence-corrected chi connectivity index (χ0v) is 11.3. The number of hydrogen-bond acceptors (Lipinski definition) is 4. The van der Waals surface area contributed by atoms with Crippen LogP contribution in [0.4, 0.5) is 0 Å². The van der Waals surface area contributed by atoms with E-state index in [0.29, 0.717) is 19.0 Å². The van der Waals surface area contributed by atoms with Crippen molar-refractivity contribution in [3.8, 4) is 5.75 Å². The summed E-state index contributed by atoms with van der Waals surface area (Å²) in [5.74, 6) is -0.703. The van der Waals surface area contributed by atoms with Gasteiger partial charge in [-0.15, -0.1) is 0 Å². The Morgan fingerprint density at radius 3 is 2.17 bits per heavy atom. The first-order chi connectivity index (χ1) is 8.57. The topological polar surface area (TPSA) is 47.9 Å². The van der Waals surface area contributed by atoms with Crippen molar-refractivity contribution in [2.24, 2.45) is 0 Å². The maximum atomic E-state index is 10.2. The van der Waals surface area contributed by atoms with Crippen molar-refractivity contribution in [1.29, 1.82) is 0 Å². The monoisotopic (exact) mass is 254 g/mol. The van der Waals surface area contributed by atoms with E-state index in [1.165, 1.54) is 0 Å². The average Bonchev–Trinajstić information content (AvgIpc) is 2.29. The van der Waals surface area contributed by atoms with Crippen LogP contribution < -0.4 is 4.74 Å². The van der Waals surface area contributed by atoms with Crippen molar-refractivity contribution >= 4 is 0 Å². The van der Waals surface area contributed by atoms with Gasteiger partial charge in [0.25, 0.3) is 0 Å². The number of para-hydroxylation sites is 1. The first-order valence-corrected chi connectivity index (χ1v) is 6.27. The number of rotatable bonds is 8. The molecule has 4 heteroatoms. The van der Waals surface area contributed by atoms with Crippen LogP contribution >= 0.6 is 0 Å². The molecule has 18 heavy (non-hydrogen) atoms. The van der Waals surface area contributed by atoms with Crippen molar-refractivity contribution in [1.82, 2.24) is 0 Å². The lowest BCUT2D eigenvalue weighted by atomic mass is 10.2. The Bertz CT molecular complexity index is 318. The first-order valence-electron chi connectivity index (χ1n) is 6.27. The zero-order chi connectivity index (χ0) is 13.4. The molecule has 0 aliphatic rings. The quantitative estimate of drug-likeness (QED) is 0.724. The highest BCUT2D eigenvalue weighted by molar-refractivity contribution is 5.21. The summed E-state index contributed by atoms with van der Waals surface area (Å²) < 4.78 is 16.3. The highest BCUT2D eigenvalue weighted by atomic mass is 16.7. The summed E-state index contributed by atoms with van der Waals surface area (Å²) >= 11 is 0. The molecule has 0 bridgehead atoms. The Labute approximate surface area is 108 Å². The van der Waals surface area contributed by atoms with Crippen LogP contribution in [-0.4, -0.2) is 30.4 Å². The largest absolute Gasteiger partial charge is 0.463 e. The lowest BCUT2D eigenvalue weighted by Gasteiger charge is -2.28. The average molecular weight is 254 g/mol. The zero-order valence-electron chi connectivity index (χ0n) is 11.3. The van der Waals surface area contributed by atoms with E-state index in [1.807, 2.05) is 32.0 Å². The van der Waals surface area contributed by atoms with E-state index < -0.39 is 12.1 Å². The first kappa shape index (κ1) is 15.0. The standard InChI is InChI=1S/C14H22O4/c1-4-16-13(17-5-2)11-14(3,15)18-12-9-7-6-8-10-12/h6-10,13,15H,4-5,11H2,1-3H3. The molecule has 1 unspecified atom stereocenters. The molecule has 0 heterocycles. The summed E-state index contributed by atoms with van der Waals surface area (Å²) in [6.45, 7) is 6.45. The van der Waals surface area contributed by atoms with Gasteiger partial charge in [0.15, 0.2) is 6.29 Å². The molecule has 1 rings (SSSR count). The summed E-state index contributed by atoms with van der Waals surface area (Å²) in [6, 6.07) is 9.20. The van der Waals surface area contributed by atoms with Crippen LogP contribution in [0.3, 0.4) is 0 Å². The van der Waals surface area contributed by atoms with Gasteiger partial charge in [-0.05, 0) is 26.0 Å². The van der Waals surface area contributed by atoms with E-state index in [2.05, 4.69) is 0 Å². The molecular weight excluding hydrogens is 232 g/mol. The normalized spacial score (nSPS) is 14.5. The fraction of sp³-hybridized carbons (Fsp3) is 0.571. The third kappa shape index (κ3) is 5.49. The smallest absolute Gasteiger partial charge is 0.210 e. The van der Waals surface area contributed by atoms with E-state index >= 15 is 0 Å². The molecular formula is C14H22O4. The van der Waals surface area contributed by atoms with Gasteiger partial charge >= 0.3 is 0 Å². The molecule has 102 valence electrons. The molecule has 0 saturated heterocycles. The van der Waals surface area contributed by atoms with Gasteiger partial charge in [0.2, 0.25) is 5.79 Å². The van der Waals surface area contributed by atoms with E-state index in [4.69, 9.17) is 14.2 Å². The molecule has 0 saturated carbocycles. The molecule has 0 fully saturated rings. The van der Waals surface area contributed by atoms with E-state index in [1.54, 1.807) is 19.1 Å². The molecule has 0 aliphatic heterocycles. The van der Waals surface area contributed by atoms with Crippen LogP contribution in [0, 0.1) is 0 Å². The minimum atomic E-state index is -1.32. The van der Waals surface area contributed by atoms with Crippen molar-refractivity contribution in [3.63, 3.8) is 0 Å². The second-order valence-electron chi connectivity index (χ2n) is 4.13. The Balaban J connectivity index is 2.56. The van der Waals surface area contributed by atoms with Gasteiger partial charge < -0.3 is 19.3 Å². The minimum Gasteiger partial charge on any atom is -0.463 e. The molecule has 1 aromatic carbocycles. The van der Waals surface area contributed by atoms with Gasteiger partial charge in [0.05, 0.1) is 6.42 Å². The molecule has 0 aliphatic carbocycles. The van der Waals surface area contributed by atoms with Crippen molar-refractivity contribution in [3.05, 3.63) is 30.3 Å². The maximum absolute atomic E-state index is 10.2. The molecule has 0 amide bonds. The summed E-state index contributed by atoms with van der Waals surface area (Å²) in [5, 5.41) is 10.2. The Morgan fingerprint density at radius 2 is 1.67 bits per heavy atom. The van der Waals surface area contributed by atoms with Gasteiger partial charge in [-0.1, -0.05) is 18.2 Å². The number of hydrogen-bond donors (Lipinski definition) is 1. The van der Waals surface area contributed by atoms with Crippen molar-refractivity contribution < 1.29 is 19.3 Å². The molecule has 4 nitrogen and oxygen atoms in total. The third-order valence-corrected chi connectivity index (χ3v) is 2.33. The van der Waals surface area contributed by atoms with Gasteiger partial charge in [-0.3, -0.25) is 0 Å². The molecule has 0 spiro atoms. The highest BCUT2D eigenvalue weighted by Crippen LogP contribution is 2.21. The molecule has 1 N–H and O–H groups in total. The number of ether oxygens (including phenoxy) is 3. The van der Waals surface area contributed by atoms with Gasteiger partial charge in [-0.2, -0.15) is 0 Å². The molecule has 1 atom stereocenters. The van der Waals surface area contributed by atoms with Crippen LogP contribution in [0.5, 0.6) is 5.75 Å². The van der Waals surface area contributed by atoms with Crippen LogP contribution in [-0.2, 0) is 9.47 Å². The fourth-order valence-corrected chi connectivity index (χ4v) is 1.63. The Hall–Kier alpha value is -1.10. The molecule has 0 aromatic heterocycles. The Morgan fingerprint density at radius 1 is 1.11 bits per heavy atom. The second kappa shape index (κ2) is 7.36. The van der Waals surface area contributed by atoms with Crippen LogP contribution in [0.1, 0.15) is 27.2 Å². The molecule has 0 radical (unpaired) electrons. The fourth-order valence-electron chi connectivity index (χ4n) is 1.63. The van der Waals surface area contributed by atoms with E-state index in [9.17, 15) is 5.11 Å². The summed E-state index contributed by atoms with van der Waals surface area (Å²) in [6.07, 6.45) is -0.206. The molecule has 1 aromatic rings. The number of aliphatic hydroxyl groups is 1. The van der Waals surface area contributed by atoms with Crippen LogP contribution in [0.15, 0.2) is 30.3 Å². The van der Waals surface area contributed by atoms with E-state index in [-0.39, 0.29) is 6.42 Å². The number of benzene rings is 1. The van der Waals surface area contributed by atoms with Crippen molar-refractivity contribution in [2.45, 2.75) is 39.3 Å². The van der Waals surface area contributed by atoms with Gasteiger partial charge in [-0.25, -0.2) is 0 Å². The van der Waals surface area contributed by atoms with Crippen molar-refractivity contribution in [2.75, 3.05) is 13.2 Å². The van der Waals surface area contributed by atoms with Crippen LogP contribution in [0.2, 0.25) is 0 Å². The van der Waals surface area contributed by atoms with Gasteiger partial charge in [0.1, 0.15) is 5.75 Å². The summed E-state index contributed by atoms with van der Waals surface area (Å²) in [5.41, 5.74) is 0. The SMILES string of the molecule is CCOC(CC(C)(O)Oc1ccccc1)OCC. The predicted octanol–water partition coefficient (Wildman–Crippen LogP) is 2.56. The van der Waals surface area contributed by atoms with E-state index in [0.717, 1.165) is 0 Å². The van der Waals surface area contributed by atoms with Gasteiger partial charge in [0, 0.05) is 20.1 Å². The minimum absolute atomic E-state index is 0.254. The lowest BCUT2D eigenvalue weighted by molar-refractivity contribution is -0.211. The Kier molecular flexibility index (Phi) is 6.12. The summed E-state index contributed by atoms with van der Waals surface area (Å²) in [4.78, 5) is 0. The highest BCUT2D eigenvalue weighted by Gasteiger charge is 2.28. The lowest BCUT2D eigenvalue weighted by Crippen LogP contribution is -2.38. The van der Waals surface area contributed by atoms with Crippen LogP contribution in [0.25, 0.3) is 0 Å². The maximum Gasteiger partial charge on any atom is 0.210 e. The summed E-state index contributed by atoms with van der Waals surface area (Å²) in [7, 11) is 0. The second-order valence-corrected chi connectivity index (χ2v) is 4.13.